The average Bonchev–Trinajstić information content (AvgIpc) is 2.63. The number of phenols is 1. The zero-order chi connectivity index (χ0) is 21.3. The van der Waals surface area contributed by atoms with Crippen molar-refractivity contribution in [2.75, 3.05) is 0 Å². The maximum Gasteiger partial charge on any atom is 0.288 e. The fourth-order valence-corrected chi connectivity index (χ4v) is 3.28. The van der Waals surface area contributed by atoms with Crippen molar-refractivity contribution in [3.8, 4) is 5.75 Å². The lowest BCUT2D eigenvalue weighted by molar-refractivity contribution is 0.0358. The van der Waals surface area contributed by atoms with Crippen molar-refractivity contribution in [3.05, 3.63) is 58.1 Å². The molecule has 3 N–H and O–H groups in total. The summed E-state index contributed by atoms with van der Waals surface area (Å²) >= 11 is 0. The predicted molar refractivity (Wildman–Crippen MR) is 115 cm³/mol. The van der Waals surface area contributed by atoms with E-state index < -0.39 is 11.4 Å². The molecular formula is C21H25BN4O3. The van der Waals surface area contributed by atoms with Gasteiger partial charge in [-0.2, -0.15) is 0 Å². The number of phenolic OH excluding ortho intramolecular Hbond substituents is 1. The quantitative estimate of drug-likeness (QED) is 0.534. The summed E-state index contributed by atoms with van der Waals surface area (Å²) in [5, 5.41) is 18.3. The van der Waals surface area contributed by atoms with Crippen molar-refractivity contribution in [3.63, 3.8) is 0 Å². The first-order valence-electron chi connectivity index (χ1n) is 9.42. The summed E-state index contributed by atoms with van der Waals surface area (Å²) in [5.74, 6) is -0.798. The molecule has 2 aromatic carbocycles. The minimum absolute atomic E-state index is 0.0270. The highest BCUT2D eigenvalue weighted by Crippen LogP contribution is 2.20. The largest absolute Gasteiger partial charge is 0.507 e. The van der Waals surface area contributed by atoms with E-state index in [-0.39, 0.29) is 17.2 Å². The molecule has 150 valence electrons. The summed E-state index contributed by atoms with van der Waals surface area (Å²) in [7, 11) is 0.408. The Morgan fingerprint density at radius 3 is 2.34 bits per heavy atom. The van der Waals surface area contributed by atoms with Crippen LogP contribution in [0.4, 0.5) is 0 Å². The van der Waals surface area contributed by atoms with Gasteiger partial charge in [0.25, 0.3) is 19.2 Å². The van der Waals surface area contributed by atoms with Crippen LogP contribution in [0.1, 0.15) is 58.2 Å². The minimum atomic E-state index is -0.658. The molecule has 0 aliphatic carbocycles. The van der Waals surface area contributed by atoms with Gasteiger partial charge in [-0.3, -0.25) is 15.0 Å². The van der Waals surface area contributed by atoms with E-state index >= 15 is 0 Å². The highest BCUT2D eigenvalue weighted by molar-refractivity contribution is 6.54. The van der Waals surface area contributed by atoms with E-state index in [0.717, 1.165) is 16.6 Å². The zero-order valence-corrected chi connectivity index (χ0v) is 17.3. The summed E-state index contributed by atoms with van der Waals surface area (Å²) in [6.07, 6.45) is 1.51. The number of hydrogen-bond acceptors (Lipinski definition) is 5. The van der Waals surface area contributed by atoms with Gasteiger partial charge in [0.2, 0.25) is 0 Å². The van der Waals surface area contributed by atoms with Crippen molar-refractivity contribution in [2.24, 2.45) is 5.10 Å². The number of carbonyl (C=O) groups is 2. The van der Waals surface area contributed by atoms with Crippen LogP contribution in [0.25, 0.3) is 0 Å². The second kappa shape index (κ2) is 7.62. The number of benzene rings is 2. The van der Waals surface area contributed by atoms with E-state index in [1.807, 2.05) is 40.7 Å². The third-order valence-electron chi connectivity index (χ3n) is 4.62. The normalized spacial score (nSPS) is 12.4. The molecule has 8 heteroatoms. The maximum atomic E-state index is 13.2. The first-order valence-corrected chi connectivity index (χ1v) is 9.42. The molecule has 3 rings (SSSR count). The van der Waals surface area contributed by atoms with Gasteiger partial charge in [-0.25, -0.2) is 10.1 Å². The monoisotopic (exact) mass is 392 g/mol. The molecule has 2 aromatic rings. The lowest BCUT2D eigenvalue weighted by Gasteiger charge is -2.35. The smallest absolute Gasteiger partial charge is 0.288 e. The Hall–Kier alpha value is -3.29. The number of nitrogens with one attached hydrogen (secondary N) is 2. The van der Waals surface area contributed by atoms with E-state index in [4.69, 9.17) is 0 Å². The third-order valence-corrected chi connectivity index (χ3v) is 4.62. The van der Waals surface area contributed by atoms with Crippen LogP contribution >= 0.6 is 0 Å². The Morgan fingerprint density at radius 2 is 1.72 bits per heavy atom. The molecule has 0 saturated heterocycles. The van der Waals surface area contributed by atoms with Crippen LogP contribution < -0.4 is 16.2 Å². The van der Waals surface area contributed by atoms with Gasteiger partial charge in [0.05, 0.1) is 11.8 Å². The lowest BCUT2D eigenvalue weighted by Crippen LogP contribution is -2.56. The van der Waals surface area contributed by atoms with E-state index in [2.05, 4.69) is 15.9 Å². The van der Waals surface area contributed by atoms with Crippen LogP contribution in [-0.2, 0) is 0 Å². The molecule has 0 atom stereocenters. The van der Waals surface area contributed by atoms with Gasteiger partial charge in [-0.1, -0.05) is 23.3 Å². The van der Waals surface area contributed by atoms with E-state index in [9.17, 15) is 14.7 Å². The molecule has 0 fully saturated rings. The molecule has 1 heterocycles. The fourth-order valence-electron chi connectivity index (χ4n) is 3.28. The molecule has 7 nitrogen and oxygen atoms in total. The van der Waals surface area contributed by atoms with Gasteiger partial charge in [0.15, 0.2) is 0 Å². The summed E-state index contributed by atoms with van der Waals surface area (Å²) in [6, 6.07) is 8.66. The van der Waals surface area contributed by atoms with Crippen LogP contribution in [0.3, 0.4) is 0 Å². The number of hydrazone groups is 1. The first-order chi connectivity index (χ1) is 13.6. The maximum absolute atomic E-state index is 13.2. The first kappa shape index (κ1) is 20.4. The number of hydrogen-bond donors (Lipinski definition) is 3. The van der Waals surface area contributed by atoms with Crippen molar-refractivity contribution in [2.45, 2.75) is 40.2 Å². The summed E-state index contributed by atoms with van der Waals surface area (Å²) < 4.78 is 0. The van der Waals surface area contributed by atoms with Crippen LogP contribution in [0.15, 0.2) is 35.4 Å². The number of hydrazine groups is 1. The highest BCUT2D eigenvalue weighted by atomic mass is 16.3. The second-order valence-electron chi connectivity index (χ2n) is 8.29. The molecule has 1 aliphatic rings. The third kappa shape index (κ3) is 4.42. The number of aromatic hydroxyl groups is 1. The molecule has 2 amide bonds. The standard InChI is InChI=1S/C21H25BN4O3/c1-12-6-13(2)8-15(7-12)20(29)26(21(3,4)5)24-19(28)14-9-17-16(18(27)10-14)11-23-25-22-17/h6-11,22,25,27H,1-5H3,(H,24,28). The van der Waals surface area contributed by atoms with Crippen LogP contribution in [0, 0.1) is 13.8 Å². The Morgan fingerprint density at radius 1 is 1.07 bits per heavy atom. The van der Waals surface area contributed by atoms with E-state index in [1.54, 1.807) is 18.2 Å². The van der Waals surface area contributed by atoms with Crippen LogP contribution in [-0.4, -0.2) is 41.1 Å². The SMILES string of the molecule is Cc1cc(C)cc(C(=O)N(NC(=O)c2cc(O)c3c(c2)BNN=C3)C(C)(C)C)c1. The molecule has 0 spiro atoms. The molecular weight excluding hydrogens is 367 g/mol. The Labute approximate surface area is 171 Å². The number of fused-ring (bicyclic) bond motifs is 1. The molecule has 1 aliphatic heterocycles. The summed E-state index contributed by atoms with van der Waals surface area (Å²) in [5.41, 5.74) is 6.13. The lowest BCUT2D eigenvalue weighted by atomic mass is 9.78. The number of carbonyl (C=O) groups excluding carboxylic acids is 2. The molecule has 0 saturated carbocycles. The minimum Gasteiger partial charge on any atom is -0.507 e. The fraction of sp³-hybridized carbons (Fsp3) is 0.286. The highest BCUT2D eigenvalue weighted by Gasteiger charge is 2.30. The number of rotatable bonds is 2. The van der Waals surface area contributed by atoms with Gasteiger partial charge >= 0.3 is 0 Å². The summed E-state index contributed by atoms with van der Waals surface area (Å²) in [4.78, 5) is 26.1. The van der Waals surface area contributed by atoms with Crippen molar-refractivity contribution in [1.29, 1.82) is 0 Å². The molecule has 0 bridgehead atoms. The van der Waals surface area contributed by atoms with Crippen molar-refractivity contribution in [1.82, 2.24) is 15.8 Å². The van der Waals surface area contributed by atoms with Crippen molar-refractivity contribution < 1.29 is 14.7 Å². The topological polar surface area (TPSA) is 94.0 Å². The van der Waals surface area contributed by atoms with E-state index in [1.165, 1.54) is 17.3 Å². The molecule has 0 radical (unpaired) electrons. The van der Waals surface area contributed by atoms with Gasteiger partial charge in [-0.15, -0.1) is 0 Å². The summed E-state index contributed by atoms with van der Waals surface area (Å²) in [6.45, 7) is 9.39. The van der Waals surface area contributed by atoms with Gasteiger partial charge in [-0.05, 0) is 58.3 Å². The molecule has 0 aromatic heterocycles. The molecule has 29 heavy (non-hydrogen) atoms. The van der Waals surface area contributed by atoms with Crippen LogP contribution in [0.5, 0.6) is 5.75 Å². The molecule has 0 unspecified atom stereocenters. The zero-order valence-electron chi connectivity index (χ0n) is 17.3. The van der Waals surface area contributed by atoms with E-state index in [0.29, 0.717) is 18.5 Å². The number of nitrogens with zero attached hydrogens (tertiary/aromatic N) is 2. The van der Waals surface area contributed by atoms with Gasteiger partial charge in [0, 0.05) is 16.7 Å². The predicted octanol–water partition coefficient (Wildman–Crippen LogP) is 1.51. The average molecular weight is 392 g/mol. The van der Waals surface area contributed by atoms with Gasteiger partial charge in [0.1, 0.15) is 5.75 Å². The Kier molecular flexibility index (Phi) is 5.37. The Balaban J connectivity index is 1.91. The van der Waals surface area contributed by atoms with Crippen LogP contribution in [0.2, 0.25) is 0 Å². The second-order valence-corrected chi connectivity index (χ2v) is 8.29. The number of amides is 2. The Bertz CT molecular complexity index is 991. The van der Waals surface area contributed by atoms with Gasteiger partial charge < -0.3 is 10.4 Å². The van der Waals surface area contributed by atoms with Crippen molar-refractivity contribution >= 4 is 30.9 Å². The number of aryl methyl sites for hydroxylation is 2.